The summed E-state index contributed by atoms with van der Waals surface area (Å²) < 4.78 is 0. The molecule has 0 heteroatoms. The van der Waals surface area contributed by atoms with Gasteiger partial charge in [0.1, 0.15) is 0 Å². The minimum absolute atomic E-state index is 1.09. The Hall–Kier alpha value is -2.34. The number of hydrogen-bond acceptors (Lipinski definition) is 0. The molecule has 0 heterocycles. The van der Waals surface area contributed by atoms with E-state index in [2.05, 4.69) is 84.9 Å². The molecule has 3 rings (SSSR count). The molecular weight excluding hydrogens is 240 g/mol. The lowest BCUT2D eigenvalue weighted by Gasteiger charge is -2.06. The fourth-order valence-corrected chi connectivity index (χ4v) is 2.47. The van der Waals surface area contributed by atoms with Gasteiger partial charge in [-0.05, 0) is 35.1 Å². The van der Waals surface area contributed by atoms with Crippen LogP contribution in [0.3, 0.4) is 0 Å². The molecule has 3 aromatic carbocycles. The molecule has 0 saturated heterocycles. The molecule has 0 atom stereocenters. The molecular formula is C20H18. The minimum Gasteiger partial charge on any atom is -0.0622 e. The van der Waals surface area contributed by atoms with Crippen molar-refractivity contribution in [3.05, 3.63) is 96.1 Å². The molecule has 98 valence electrons. The van der Waals surface area contributed by atoms with Crippen molar-refractivity contribution in [2.75, 3.05) is 0 Å². The van der Waals surface area contributed by atoms with Crippen LogP contribution in [-0.4, -0.2) is 0 Å². The van der Waals surface area contributed by atoms with E-state index in [-0.39, 0.29) is 0 Å². The van der Waals surface area contributed by atoms with Gasteiger partial charge in [0.05, 0.1) is 0 Å². The standard InChI is InChI=1S/C20H18/c1-3-8-17(9-4-1)14-15-18-10-7-13-20(16-18)19-11-5-2-6-12-19/h1-13,16H,14-15H2. The molecule has 0 amide bonds. The zero-order valence-electron chi connectivity index (χ0n) is 11.5. The highest BCUT2D eigenvalue weighted by Gasteiger charge is 1.99. The summed E-state index contributed by atoms with van der Waals surface area (Å²) in [4.78, 5) is 0. The first-order chi connectivity index (χ1) is 9.92. The molecule has 0 fully saturated rings. The number of aryl methyl sites for hydroxylation is 2. The quantitative estimate of drug-likeness (QED) is 0.608. The highest BCUT2D eigenvalue weighted by atomic mass is 14.0. The van der Waals surface area contributed by atoms with Crippen LogP contribution in [0.4, 0.5) is 0 Å². The van der Waals surface area contributed by atoms with Gasteiger partial charge in [0, 0.05) is 0 Å². The molecule has 3 aromatic rings. The first-order valence-electron chi connectivity index (χ1n) is 7.10. The Morgan fingerprint density at radius 2 is 1.00 bits per heavy atom. The third-order valence-corrected chi connectivity index (χ3v) is 3.58. The maximum Gasteiger partial charge on any atom is -0.0181 e. The van der Waals surface area contributed by atoms with Crippen LogP contribution in [0.5, 0.6) is 0 Å². The van der Waals surface area contributed by atoms with Gasteiger partial charge in [0.2, 0.25) is 0 Å². The zero-order chi connectivity index (χ0) is 13.6. The van der Waals surface area contributed by atoms with Crippen molar-refractivity contribution < 1.29 is 0 Å². The minimum atomic E-state index is 1.09. The summed E-state index contributed by atoms with van der Waals surface area (Å²) in [6, 6.07) is 30.1. The van der Waals surface area contributed by atoms with Crippen LogP contribution in [0.2, 0.25) is 0 Å². The molecule has 0 aromatic heterocycles. The molecule has 0 bridgehead atoms. The van der Waals surface area contributed by atoms with Gasteiger partial charge in [-0.15, -0.1) is 0 Å². The van der Waals surface area contributed by atoms with Gasteiger partial charge < -0.3 is 0 Å². The maximum atomic E-state index is 2.30. The average molecular weight is 258 g/mol. The average Bonchev–Trinajstić information content (AvgIpc) is 2.55. The Kier molecular flexibility index (Phi) is 3.93. The summed E-state index contributed by atoms with van der Waals surface area (Å²) in [5.74, 6) is 0. The first-order valence-corrected chi connectivity index (χ1v) is 7.10. The Morgan fingerprint density at radius 3 is 1.75 bits per heavy atom. The molecule has 0 nitrogen and oxygen atoms in total. The maximum absolute atomic E-state index is 2.30. The van der Waals surface area contributed by atoms with Crippen LogP contribution in [0.15, 0.2) is 84.9 Å². The lowest BCUT2D eigenvalue weighted by atomic mass is 9.99. The smallest absolute Gasteiger partial charge is 0.0181 e. The molecule has 0 aliphatic heterocycles. The summed E-state index contributed by atoms with van der Waals surface area (Å²) in [6.07, 6.45) is 2.18. The molecule has 0 spiro atoms. The van der Waals surface area contributed by atoms with Crippen LogP contribution in [0, 0.1) is 0 Å². The Morgan fingerprint density at radius 1 is 0.450 bits per heavy atom. The predicted octanol–water partition coefficient (Wildman–Crippen LogP) is 5.14. The van der Waals surface area contributed by atoms with E-state index < -0.39 is 0 Å². The lowest BCUT2D eigenvalue weighted by Crippen LogP contribution is -1.91. The van der Waals surface area contributed by atoms with Gasteiger partial charge in [-0.1, -0.05) is 84.9 Å². The fourth-order valence-electron chi connectivity index (χ4n) is 2.47. The van der Waals surface area contributed by atoms with E-state index in [1.165, 1.54) is 22.3 Å². The number of benzene rings is 3. The van der Waals surface area contributed by atoms with Crippen LogP contribution >= 0.6 is 0 Å². The van der Waals surface area contributed by atoms with Crippen molar-refractivity contribution >= 4 is 0 Å². The van der Waals surface area contributed by atoms with Gasteiger partial charge in [-0.3, -0.25) is 0 Å². The van der Waals surface area contributed by atoms with E-state index >= 15 is 0 Å². The summed E-state index contributed by atoms with van der Waals surface area (Å²) >= 11 is 0. The molecule has 0 aliphatic rings. The van der Waals surface area contributed by atoms with Gasteiger partial charge in [-0.2, -0.15) is 0 Å². The summed E-state index contributed by atoms with van der Waals surface area (Å²) in [7, 11) is 0. The van der Waals surface area contributed by atoms with Crippen LogP contribution < -0.4 is 0 Å². The highest BCUT2D eigenvalue weighted by Crippen LogP contribution is 2.20. The molecule has 0 saturated carbocycles. The highest BCUT2D eigenvalue weighted by molar-refractivity contribution is 5.63. The van der Waals surface area contributed by atoms with E-state index in [0.717, 1.165) is 12.8 Å². The third-order valence-electron chi connectivity index (χ3n) is 3.58. The SMILES string of the molecule is c1ccc(CCc2cccc(-c3ccccc3)c2)cc1. The predicted molar refractivity (Wildman–Crippen MR) is 85.7 cm³/mol. The van der Waals surface area contributed by atoms with Crippen molar-refractivity contribution in [2.24, 2.45) is 0 Å². The van der Waals surface area contributed by atoms with Gasteiger partial charge in [0.25, 0.3) is 0 Å². The molecule has 0 aliphatic carbocycles. The fraction of sp³-hybridized carbons (Fsp3) is 0.100. The van der Waals surface area contributed by atoms with Crippen LogP contribution in [0.1, 0.15) is 11.1 Å². The first kappa shape index (κ1) is 12.7. The van der Waals surface area contributed by atoms with Gasteiger partial charge >= 0.3 is 0 Å². The zero-order valence-corrected chi connectivity index (χ0v) is 11.5. The summed E-state index contributed by atoms with van der Waals surface area (Å²) in [6.45, 7) is 0. The Balaban J connectivity index is 1.75. The monoisotopic (exact) mass is 258 g/mol. The number of hydrogen-bond donors (Lipinski definition) is 0. The van der Waals surface area contributed by atoms with E-state index in [1.54, 1.807) is 0 Å². The van der Waals surface area contributed by atoms with Crippen LogP contribution in [0.25, 0.3) is 11.1 Å². The van der Waals surface area contributed by atoms with Crippen molar-refractivity contribution in [3.8, 4) is 11.1 Å². The number of rotatable bonds is 4. The van der Waals surface area contributed by atoms with Gasteiger partial charge in [0.15, 0.2) is 0 Å². The largest absolute Gasteiger partial charge is 0.0622 e. The van der Waals surface area contributed by atoms with E-state index in [0.29, 0.717) is 0 Å². The van der Waals surface area contributed by atoms with Gasteiger partial charge in [-0.25, -0.2) is 0 Å². The van der Waals surface area contributed by atoms with E-state index in [4.69, 9.17) is 0 Å². The topological polar surface area (TPSA) is 0 Å². The lowest BCUT2D eigenvalue weighted by molar-refractivity contribution is 0.961. The van der Waals surface area contributed by atoms with Crippen LogP contribution in [-0.2, 0) is 12.8 Å². The molecule has 0 radical (unpaired) electrons. The van der Waals surface area contributed by atoms with Crippen molar-refractivity contribution in [3.63, 3.8) is 0 Å². The van der Waals surface area contributed by atoms with Crippen molar-refractivity contribution in [1.29, 1.82) is 0 Å². The Labute approximate surface area is 120 Å². The van der Waals surface area contributed by atoms with E-state index in [9.17, 15) is 0 Å². The van der Waals surface area contributed by atoms with E-state index in [1.807, 2.05) is 0 Å². The normalized spacial score (nSPS) is 10.4. The van der Waals surface area contributed by atoms with Crippen molar-refractivity contribution in [1.82, 2.24) is 0 Å². The second-order valence-electron chi connectivity index (χ2n) is 5.05. The third kappa shape index (κ3) is 3.16. The second kappa shape index (κ2) is 6.21. The molecule has 0 unspecified atom stereocenters. The summed E-state index contributed by atoms with van der Waals surface area (Å²) in [5.41, 5.74) is 5.39. The Bertz CT molecular complexity index is 654. The molecule has 20 heavy (non-hydrogen) atoms. The van der Waals surface area contributed by atoms with Crippen molar-refractivity contribution in [2.45, 2.75) is 12.8 Å². The summed E-state index contributed by atoms with van der Waals surface area (Å²) in [5, 5.41) is 0. The molecule has 0 N–H and O–H groups in total. The second-order valence-corrected chi connectivity index (χ2v) is 5.05.